The molecule has 0 aliphatic heterocycles. The van der Waals surface area contributed by atoms with E-state index in [0.717, 1.165) is 0 Å². The van der Waals surface area contributed by atoms with Gasteiger partial charge in [-0.2, -0.15) is 13.1 Å². The van der Waals surface area contributed by atoms with E-state index in [4.69, 9.17) is 9.47 Å². The predicted octanol–water partition coefficient (Wildman–Crippen LogP) is 0.310. The zero-order chi connectivity index (χ0) is 17.7. The van der Waals surface area contributed by atoms with Gasteiger partial charge in [0.05, 0.1) is 24.9 Å². The SMILES string of the molecule is COc1ccc(S(=O)(=O)CCNS(=O)(=O)NC(C)C)cc1OC. The number of hydrogen-bond donors (Lipinski definition) is 2. The molecule has 0 aromatic heterocycles. The molecule has 0 bridgehead atoms. The van der Waals surface area contributed by atoms with Gasteiger partial charge >= 0.3 is 0 Å². The largest absolute Gasteiger partial charge is 0.493 e. The van der Waals surface area contributed by atoms with E-state index in [1.54, 1.807) is 13.8 Å². The molecular weight excluding hydrogens is 344 g/mol. The lowest BCUT2D eigenvalue weighted by atomic mass is 10.3. The normalized spacial score (nSPS) is 12.4. The highest BCUT2D eigenvalue weighted by molar-refractivity contribution is 7.91. The summed E-state index contributed by atoms with van der Waals surface area (Å²) in [5.74, 6) is 0.325. The van der Waals surface area contributed by atoms with Gasteiger partial charge in [-0.1, -0.05) is 0 Å². The second kappa shape index (κ2) is 7.95. The fourth-order valence-corrected chi connectivity index (χ4v) is 4.16. The molecule has 0 amide bonds. The highest BCUT2D eigenvalue weighted by atomic mass is 32.2. The van der Waals surface area contributed by atoms with Crippen LogP contribution < -0.4 is 18.9 Å². The van der Waals surface area contributed by atoms with Crippen LogP contribution in [-0.4, -0.2) is 49.4 Å². The van der Waals surface area contributed by atoms with Gasteiger partial charge in [0.25, 0.3) is 10.2 Å². The molecule has 1 aromatic rings. The first kappa shape index (κ1) is 19.7. The first-order chi connectivity index (χ1) is 10.6. The number of ether oxygens (including phenoxy) is 2. The van der Waals surface area contributed by atoms with E-state index < -0.39 is 20.0 Å². The van der Waals surface area contributed by atoms with E-state index in [-0.39, 0.29) is 29.0 Å². The van der Waals surface area contributed by atoms with Crippen LogP contribution in [0.2, 0.25) is 0 Å². The zero-order valence-corrected chi connectivity index (χ0v) is 15.1. The average molecular weight is 366 g/mol. The fourth-order valence-electron chi connectivity index (χ4n) is 1.79. The minimum atomic E-state index is -3.72. The van der Waals surface area contributed by atoms with Crippen molar-refractivity contribution in [1.82, 2.24) is 9.44 Å². The second-order valence-corrected chi connectivity index (χ2v) is 8.65. The monoisotopic (exact) mass is 366 g/mol. The maximum absolute atomic E-state index is 12.3. The van der Waals surface area contributed by atoms with Crippen molar-refractivity contribution >= 4 is 20.0 Å². The molecule has 0 unspecified atom stereocenters. The van der Waals surface area contributed by atoms with Crippen LogP contribution in [0.25, 0.3) is 0 Å². The van der Waals surface area contributed by atoms with Gasteiger partial charge in [0, 0.05) is 18.7 Å². The van der Waals surface area contributed by atoms with Gasteiger partial charge in [0.2, 0.25) is 0 Å². The van der Waals surface area contributed by atoms with E-state index in [9.17, 15) is 16.8 Å². The predicted molar refractivity (Wildman–Crippen MR) is 86.8 cm³/mol. The Morgan fingerprint density at radius 1 is 1.04 bits per heavy atom. The van der Waals surface area contributed by atoms with Crippen LogP contribution in [0.3, 0.4) is 0 Å². The van der Waals surface area contributed by atoms with Crippen molar-refractivity contribution in [1.29, 1.82) is 0 Å². The van der Waals surface area contributed by atoms with Crippen LogP contribution in [0, 0.1) is 0 Å². The molecule has 1 aromatic carbocycles. The lowest BCUT2D eigenvalue weighted by Crippen LogP contribution is -2.41. The molecule has 0 saturated carbocycles. The number of benzene rings is 1. The minimum Gasteiger partial charge on any atom is -0.493 e. The number of methoxy groups -OCH3 is 2. The Labute approximate surface area is 137 Å². The third kappa shape index (κ3) is 5.98. The summed E-state index contributed by atoms with van der Waals surface area (Å²) in [4.78, 5) is 0.0335. The Morgan fingerprint density at radius 3 is 2.17 bits per heavy atom. The fraction of sp³-hybridized carbons (Fsp3) is 0.538. The van der Waals surface area contributed by atoms with Gasteiger partial charge in [-0.3, -0.25) is 0 Å². The van der Waals surface area contributed by atoms with Crippen molar-refractivity contribution in [2.24, 2.45) is 0 Å². The standard InChI is InChI=1S/C13H22N2O6S2/c1-10(2)15-23(18,19)14-7-8-22(16,17)11-5-6-12(20-3)13(9-11)21-4/h5-6,9-10,14-15H,7-8H2,1-4H3. The maximum atomic E-state index is 12.3. The zero-order valence-electron chi connectivity index (χ0n) is 13.5. The second-order valence-electron chi connectivity index (χ2n) is 5.01. The van der Waals surface area contributed by atoms with Crippen LogP contribution in [0.15, 0.2) is 23.1 Å². The third-order valence-corrected chi connectivity index (χ3v) is 5.85. The molecule has 10 heteroatoms. The van der Waals surface area contributed by atoms with Crippen LogP contribution in [0.4, 0.5) is 0 Å². The molecular formula is C13H22N2O6S2. The molecule has 0 radical (unpaired) electrons. The van der Waals surface area contributed by atoms with Gasteiger partial charge in [-0.25, -0.2) is 13.1 Å². The molecule has 2 N–H and O–H groups in total. The molecule has 8 nitrogen and oxygen atoms in total. The summed E-state index contributed by atoms with van der Waals surface area (Å²) < 4.78 is 62.3. The topological polar surface area (TPSA) is 111 Å². The maximum Gasteiger partial charge on any atom is 0.277 e. The summed E-state index contributed by atoms with van der Waals surface area (Å²) in [5.41, 5.74) is 0. The number of sulfone groups is 1. The van der Waals surface area contributed by atoms with Crippen LogP contribution >= 0.6 is 0 Å². The smallest absolute Gasteiger partial charge is 0.277 e. The van der Waals surface area contributed by atoms with Crippen LogP contribution in [0.5, 0.6) is 11.5 Å². The van der Waals surface area contributed by atoms with Gasteiger partial charge in [-0.15, -0.1) is 0 Å². The first-order valence-corrected chi connectivity index (χ1v) is 9.96. The lowest BCUT2D eigenvalue weighted by molar-refractivity contribution is 0.354. The van der Waals surface area contributed by atoms with E-state index in [2.05, 4.69) is 9.44 Å². The quantitative estimate of drug-likeness (QED) is 0.651. The number of rotatable bonds is 9. The minimum absolute atomic E-state index is 0.0335. The Kier molecular flexibility index (Phi) is 6.81. The molecule has 23 heavy (non-hydrogen) atoms. The van der Waals surface area contributed by atoms with Gasteiger partial charge in [0.1, 0.15) is 0 Å². The van der Waals surface area contributed by atoms with E-state index in [1.165, 1.54) is 32.4 Å². The van der Waals surface area contributed by atoms with Gasteiger partial charge in [-0.05, 0) is 26.0 Å². The van der Waals surface area contributed by atoms with Gasteiger partial charge in [0.15, 0.2) is 21.3 Å². The summed E-state index contributed by atoms with van der Waals surface area (Å²) in [6.07, 6.45) is 0. The molecule has 0 aliphatic rings. The third-order valence-electron chi connectivity index (χ3n) is 2.77. The number of nitrogens with one attached hydrogen (secondary N) is 2. The van der Waals surface area contributed by atoms with E-state index >= 15 is 0 Å². The lowest BCUT2D eigenvalue weighted by Gasteiger charge is -2.12. The molecule has 0 spiro atoms. The van der Waals surface area contributed by atoms with Crippen molar-refractivity contribution in [2.75, 3.05) is 26.5 Å². The molecule has 1 rings (SSSR count). The van der Waals surface area contributed by atoms with Crippen molar-refractivity contribution in [2.45, 2.75) is 24.8 Å². The Morgan fingerprint density at radius 2 is 1.65 bits per heavy atom. The van der Waals surface area contributed by atoms with Gasteiger partial charge < -0.3 is 9.47 Å². The molecule has 0 aliphatic carbocycles. The summed E-state index contributed by atoms with van der Waals surface area (Å²) >= 11 is 0. The molecule has 0 atom stereocenters. The van der Waals surface area contributed by atoms with E-state index in [1.807, 2.05) is 0 Å². The van der Waals surface area contributed by atoms with Crippen molar-refractivity contribution in [3.8, 4) is 11.5 Å². The van der Waals surface area contributed by atoms with Crippen LogP contribution in [0.1, 0.15) is 13.8 Å². The first-order valence-electron chi connectivity index (χ1n) is 6.83. The molecule has 0 heterocycles. The van der Waals surface area contributed by atoms with Crippen molar-refractivity contribution < 1.29 is 26.3 Å². The summed E-state index contributed by atoms with van der Waals surface area (Å²) in [6.45, 7) is 3.10. The van der Waals surface area contributed by atoms with Crippen LogP contribution in [-0.2, 0) is 20.0 Å². The molecule has 0 fully saturated rings. The summed E-state index contributed by atoms with van der Waals surface area (Å²) in [7, 11) is -4.53. The summed E-state index contributed by atoms with van der Waals surface area (Å²) in [6, 6.07) is 3.93. The van der Waals surface area contributed by atoms with Crippen molar-refractivity contribution in [3.63, 3.8) is 0 Å². The Bertz CT molecular complexity index is 729. The highest BCUT2D eigenvalue weighted by Gasteiger charge is 2.19. The average Bonchev–Trinajstić information content (AvgIpc) is 2.44. The Hall–Kier alpha value is -1.36. The number of hydrogen-bond acceptors (Lipinski definition) is 6. The van der Waals surface area contributed by atoms with Crippen molar-refractivity contribution in [3.05, 3.63) is 18.2 Å². The van der Waals surface area contributed by atoms with E-state index in [0.29, 0.717) is 5.75 Å². The molecule has 132 valence electrons. The Balaban J connectivity index is 2.81. The summed E-state index contributed by atoms with van der Waals surface area (Å²) in [5, 5.41) is 0. The highest BCUT2D eigenvalue weighted by Crippen LogP contribution is 2.29. The molecule has 0 saturated heterocycles.